The average Bonchev–Trinajstić information content (AvgIpc) is 2.38. The fraction of sp³-hybridized carbons (Fsp3) is 0.375. The normalized spacial score (nSPS) is 11.9. The van der Waals surface area contributed by atoms with Crippen molar-refractivity contribution in [2.24, 2.45) is 0 Å². The van der Waals surface area contributed by atoms with E-state index in [4.69, 9.17) is 0 Å². The summed E-state index contributed by atoms with van der Waals surface area (Å²) in [7, 11) is -4.17. The molecule has 0 heterocycles. The van der Waals surface area contributed by atoms with E-state index in [1.807, 2.05) is 19.1 Å². The predicted octanol–water partition coefficient (Wildman–Crippen LogP) is 3.99. The Morgan fingerprint density at radius 2 is 1.70 bits per heavy atom. The molecule has 108 valence electrons. The van der Waals surface area contributed by atoms with Gasteiger partial charge in [0.1, 0.15) is 0 Å². The lowest BCUT2D eigenvalue weighted by Gasteiger charge is -2.11. The first-order valence-electron chi connectivity index (χ1n) is 6.99. The molecule has 0 aromatic heterocycles. The van der Waals surface area contributed by atoms with E-state index >= 15 is 0 Å². The molecule has 3 nitrogen and oxygen atoms in total. The summed E-state index contributed by atoms with van der Waals surface area (Å²) in [5.41, 5.74) is 1.97. The molecule has 2 aromatic rings. The van der Waals surface area contributed by atoms with Gasteiger partial charge in [0.2, 0.25) is 0 Å². The molecule has 1 N–H and O–H groups in total. The third-order valence-corrected chi connectivity index (χ3v) is 4.41. The zero-order valence-electron chi connectivity index (χ0n) is 11.9. The van der Waals surface area contributed by atoms with Gasteiger partial charge in [-0.3, -0.25) is 4.55 Å². The van der Waals surface area contributed by atoms with Crippen molar-refractivity contribution in [3.05, 3.63) is 41.5 Å². The summed E-state index contributed by atoms with van der Waals surface area (Å²) in [6.45, 7) is 4.13. The van der Waals surface area contributed by atoms with E-state index < -0.39 is 10.1 Å². The maximum absolute atomic E-state index is 11.5. The summed E-state index contributed by atoms with van der Waals surface area (Å²) in [6, 6.07) is 9.40. The third kappa shape index (κ3) is 3.02. The Hall–Kier alpha value is -1.39. The highest BCUT2D eigenvalue weighted by Crippen LogP contribution is 2.28. The molecule has 0 amide bonds. The molecule has 0 aliphatic rings. The van der Waals surface area contributed by atoms with Crippen LogP contribution in [0, 0.1) is 0 Å². The second kappa shape index (κ2) is 5.94. The van der Waals surface area contributed by atoms with Gasteiger partial charge in [-0.2, -0.15) is 8.42 Å². The predicted molar refractivity (Wildman–Crippen MR) is 81.8 cm³/mol. The molecule has 0 aliphatic heterocycles. The average molecular weight is 292 g/mol. The van der Waals surface area contributed by atoms with Gasteiger partial charge >= 0.3 is 0 Å². The maximum atomic E-state index is 11.5. The summed E-state index contributed by atoms with van der Waals surface area (Å²) in [6.07, 6.45) is 3.56. The summed E-state index contributed by atoms with van der Waals surface area (Å²) in [5, 5.41) is 1.95. The van der Waals surface area contributed by atoms with Gasteiger partial charge in [0.25, 0.3) is 10.1 Å². The number of benzene rings is 2. The van der Waals surface area contributed by atoms with Crippen molar-refractivity contribution in [3.8, 4) is 0 Å². The Morgan fingerprint density at radius 3 is 2.30 bits per heavy atom. The largest absolute Gasteiger partial charge is 0.294 e. The number of hydrogen-bond acceptors (Lipinski definition) is 2. The first-order chi connectivity index (χ1) is 9.47. The van der Waals surface area contributed by atoms with Gasteiger partial charge in [-0.1, -0.05) is 51.0 Å². The number of aryl methyl sites for hydroxylation is 2. The van der Waals surface area contributed by atoms with Crippen LogP contribution in [-0.2, 0) is 23.0 Å². The molecule has 0 saturated heterocycles. The third-order valence-electron chi connectivity index (χ3n) is 3.47. The van der Waals surface area contributed by atoms with Crippen molar-refractivity contribution in [1.82, 2.24) is 0 Å². The van der Waals surface area contributed by atoms with Crippen molar-refractivity contribution in [2.75, 3.05) is 0 Å². The fourth-order valence-electron chi connectivity index (χ4n) is 2.62. The summed E-state index contributed by atoms with van der Waals surface area (Å²) in [5.74, 6) is 0. The zero-order valence-corrected chi connectivity index (χ0v) is 12.7. The smallest absolute Gasteiger partial charge is 0.282 e. The van der Waals surface area contributed by atoms with Gasteiger partial charge in [-0.15, -0.1) is 0 Å². The second-order valence-electron chi connectivity index (χ2n) is 5.07. The van der Waals surface area contributed by atoms with Gasteiger partial charge in [0, 0.05) is 0 Å². The van der Waals surface area contributed by atoms with E-state index in [-0.39, 0.29) is 4.90 Å². The first kappa shape index (κ1) is 15.0. The lowest BCUT2D eigenvalue weighted by Crippen LogP contribution is -2.04. The van der Waals surface area contributed by atoms with Gasteiger partial charge in [0.05, 0.1) is 4.90 Å². The lowest BCUT2D eigenvalue weighted by molar-refractivity contribution is 0.482. The molecule has 2 rings (SSSR count). The number of fused-ring (bicyclic) bond motifs is 1. The molecule has 0 aliphatic carbocycles. The number of rotatable bonds is 5. The van der Waals surface area contributed by atoms with E-state index in [9.17, 15) is 13.0 Å². The SMILES string of the molecule is CCCc1ccc2c(CCC)c(S(=O)(=O)O)ccc2c1. The van der Waals surface area contributed by atoms with Crippen molar-refractivity contribution in [3.63, 3.8) is 0 Å². The first-order valence-corrected chi connectivity index (χ1v) is 8.43. The zero-order chi connectivity index (χ0) is 14.8. The topological polar surface area (TPSA) is 54.4 Å². The Balaban J connectivity index is 2.69. The highest BCUT2D eigenvalue weighted by Gasteiger charge is 2.17. The molecular weight excluding hydrogens is 272 g/mol. The van der Waals surface area contributed by atoms with Crippen molar-refractivity contribution < 1.29 is 13.0 Å². The van der Waals surface area contributed by atoms with Gasteiger partial charge in [-0.05, 0) is 40.8 Å². The van der Waals surface area contributed by atoms with E-state index in [0.717, 1.165) is 35.6 Å². The standard InChI is InChI=1S/C16H20O3S/c1-3-5-12-7-9-14-13(11-12)8-10-16(20(17,18)19)15(14)6-4-2/h7-11H,3-6H2,1-2H3,(H,17,18,19). The second-order valence-corrected chi connectivity index (χ2v) is 6.46. The molecule has 0 radical (unpaired) electrons. The van der Waals surface area contributed by atoms with Crippen LogP contribution in [0.15, 0.2) is 35.2 Å². The van der Waals surface area contributed by atoms with E-state index in [1.54, 1.807) is 6.07 Å². The van der Waals surface area contributed by atoms with E-state index in [1.165, 1.54) is 11.6 Å². The number of hydrogen-bond donors (Lipinski definition) is 1. The Bertz CT molecular complexity index is 718. The molecule has 20 heavy (non-hydrogen) atoms. The summed E-state index contributed by atoms with van der Waals surface area (Å²) in [4.78, 5) is 0.0371. The quantitative estimate of drug-likeness (QED) is 0.848. The highest BCUT2D eigenvalue weighted by molar-refractivity contribution is 7.85. The monoisotopic (exact) mass is 292 g/mol. The van der Waals surface area contributed by atoms with Gasteiger partial charge in [0.15, 0.2) is 0 Å². The van der Waals surface area contributed by atoms with Crippen LogP contribution in [-0.4, -0.2) is 13.0 Å². The molecule has 0 spiro atoms. The van der Waals surface area contributed by atoms with Crippen LogP contribution < -0.4 is 0 Å². The van der Waals surface area contributed by atoms with Gasteiger partial charge in [-0.25, -0.2) is 0 Å². The summed E-state index contributed by atoms with van der Waals surface area (Å²) < 4.78 is 32.4. The Labute approximate surface area is 120 Å². The molecule has 0 saturated carbocycles. The van der Waals surface area contributed by atoms with Crippen molar-refractivity contribution in [2.45, 2.75) is 44.4 Å². The molecule has 0 bridgehead atoms. The maximum Gasteiger partial charge on any atom is 0.294 e. The van der Waals surface area contributed by atoms with E-state index in [2.05, 4.69) is 13.0 Å². The Kier molecular flexibility index (Phi) is 4.45. The van der Waals surface area contributed by atoms with Gasteiger partial charge < -0.3 is 0 Å². The van der Waals surface area contributed by atoms with Crippen LogP contribution in [0.25, 0.3) is 10.8 Å². The molecule has 2 aromatic carbocycles. The van der Waals surface area contributed by atoms with Crippen molar-refractivity contribution >= 4 is 20.9 Å². The molecule has 0 fully saturated rings. The Morgan fingerprint density at radius 1 is 1.00 bits per heavy atom. The lowest BCUT2D eigenvalue weighted by atomic mass is 9.98. The van der Waals surface area contributed by atoms with Crippen LogP contribution in [0.5, 0.6) is 0 Å². The van der Waals surface area contributed by atoms with Crippen LogP contribution in [0.2, 0.25) is 0 Å². The van der Waals surface area contributed by atoms with Crippen LogP contribution in [0.3, 0.4) is 0 Å². The van der Waals surface area contributed by atoms with Crippen LogP contribution in [0.1, 0.15) is 37.8 Å². The summed E-state index contributed by atoms with van der Waals surface area (Å²) >= 11 is 0. The minimum absolute atomic E-state index is 0.0371. The minimum atomic E-state index is -4.17. The molecular formula is C16H20O3S. The van der Waals surface area contributed by atoms with Crippen LogP contribution in [0.4, 0.5) is 0 Å². The molecule has 4 heteroatoms. The van der Waals surface area contributed by atoms with E-state index in [0.29, 0.717) is 6.42 Å². The highest BCUT2D eigenvalue weighted by atomic mass is 32.2. The van der Waals surface area contributed by atoms with Crippen molar-refractivity contribution in [1.29, 1.82) is 0 Å². The van der Waals surface area contributed by atoms with Crippen LogP contribution >= 0.6 is 0 Å². The molecule has 0 atom stereocenters. The minimum Gasteiger partial charge on any atom is -0.282 e. The molecule has 0 unspecified atom stereocenters. The fourth-order valence-corrected chi connectivity index (χ4v) is 3.38.